The number of carbonyl (C=O) groups is 1. The lowest BCUT2D eigenvalue weighted by Crippen LogP contribution is -2.33. The topological polar surface area (TPSA) is 46.3 Å². The molecule has 0 bridgehead atoms. The first-order chi connectivity index (χ1) is 13.5. The lowest BCUT2D eigenvalue weighted by atomic mass is 9.73. The third-order valence-electron chi connectivity index (χ3n) is 5.86. The molecule has 1 amide bonds. The molecule has 0 radical (unpaired) electrons. The molecule has 0 fully saturated rings. The van der Waals surface area contributed by atoms with Gasteiger partial charge in [0.1, 0.15) is 5.82 Å². The summed E-state index contributed by atoms with van der Waals surface area (Å²) in [7, 11) is 0. The Balaban J connectivity index is 2.03. The predicted octanol–water partition coefficient (Wildman–Crippen LogP) is 5.48. The number of hydrogen-bond acceptors (Lipinski definition) is 2. The maximum absolute atomic E-state index is 13.7. The molecule has 0 aromatic heterocycles. The van der Waals surface area contributed by atoms with E-state index in [1.807, 2.05) is 33.8 Å². The van der Waals surface area contributed by atoms with Crippen LogP contribution in [0.25, 0.3) is 5.57 Å². The van der Waals surface area contributed by atoms with Crippen LogP contribution in [0.3, 0.4) is 0 Å². The molecule has 29 heavy (non-hydrogen) atoms. The van der Waals surface area contributed by atoms with Gasteiger partial charge < -0.3 is 10.6 Å². The van der Waals surface area contributed by atoms with Crippen LogP contribution in [0.4, 0.5) is 10.1 Å². The minimum Gasteiger partial charge on any atom is -0.369 e. The Hall–Kier alpha value is -2.62. The molecule has 3 nitrogen and oxygen atoms in total. The molecule has 2 aromatic rings. The third-order valence-corrected chi connectivity index (χ3v) is 5.86. The normalized spacial score (nSPS) is 15.4. The third kappa shape index (κ3) is 4.21. The Morgan fingerprint density at radius 1 is 1.10 bits per heavy atom. The molecular weight excluding hydrogens is 363 g/mol. The molecular formula is C25H31FN2O. The average molecular weight is 395 g/mol. The number of allylic oxidation sites excluding steroid dienone is 1. The molecule has 0 saturated heterocycles. The number of nitrogens with zero attached hydrogens (tertiary/aromatic N) is 1. The van der Waals surface area contributed by atoms with Crippen molar-refractivity contribution < 1.29 is 9.18 Å². The number of carbonyl (C=O) groups excluding carboxylic acids is 1. The number of primary amides is 1. The Kier molecular flexibility index (Phi) is 5.57. The summed E-state index contributed by atoms with van der Waals surface area (Å²) in [5.74, 6) is -0.840. The van der Waals surface area contributed by atoms with Gasteiger partial charge in [0.05, 0.1) is 5.92 Å². The zero-order chi connectivity index (χ0) is 21.5. The fourth-order valence-corrected chi connectivity index (χ4v) is 4.47. The molecule has 3 rings (SSSR count). The van der Waals surface area contributed by atoms with Crippen molar-refractivity contribution in [2.45, 2.75) is 54.0 Å². The van der Waals surface area contributed by atoms with Crippen LogP contribution in [0.2, 0.25) is 0 Å². The predicted molar refractivity (Wildman–Crippen MR) is 118 cm³/mol. The summed E-state index contributed by atoms with van der Waals surface area (Å²) in [6.45, 7) is 13.7. The van der Waals surface area contributed by atoms with Gasteiger partial charge in [-0.2, -0.15) is 0 Å². The van der Waals surface area contributed by atoms with Crippen molar-refractivity contribution in [2.75, 3.05) is 11.4 Å². The molecule has 4 heteroatoms. The first-order valence-electron chi connectivity index (χ1n) is 10.1. The molecule has 1 atom stereocenters. The summed E-state index contributed by atoms with van der Waals surface area (Å²) < 4.78 is 13.7. The number of halogens is 1. The summed E-state index contributed by atoms with van der Waals surface area (Å²) in [4.78, 5) is 14.5. The largest absolute Gasteiger partial charge is 0.369 e. The highest BCUT2D eigenvalue weighted by atomic mass is 19.1. The van der Waals surface area contributed by atoms with Gasteiger partial charge >= 0.3 is 0 Å². The van der Waals surface area contributed by atoms with Crippen LogP contribution < -0.4 is 10.6 Å². The molecule has 1 aliphatic rings. The van der Waals surface area contributed by atoms with Crippen LogP contribution in [0.5, 0.6) is 0 Å². The second-order valence-corrected chi connectivity index (χ2v) is 9.26. The lowest BCUT2D eigenvalue weighted by Gasteiger charge is -2.32. The van der Waals surface area contributed by atoms with Crippen molar-refractivity contribution in [1.29, 1.82) is 0 Å². The van der Waals surface area contributed by atoms with Crippen LogP contribution in [0.15, 0.2) is 36.4 Å². The second kappa shape index (κ2) is 7.66. The Labute approximate surface area is 173 Å². The number of nitrogens with two attached hydrogens (primary N) is 1. The maximum atomic E-state index is 13.7. The van der Waals surface area contributed by atoms with Crippen LogP contribution in [-0.2, 0) is 11.3 Å². The fraction of sp³-hybridized carbons (Fsp3) is 0.400. The van der Waals surface area contributed by atoms with Crippen LogP contribution in [0.1, 0.15) is 61.4 Å². The molecule has 0 aliphatic carbocycles. The van der Waals surface area contributed by atoms with E-state index in [4.69, 9.17) is 5.73 Å². The van der Waals surface area contributed by atoms with Gasteiger partial charge in [-0.1, -0.05) is 32.9 Å². The first kappa shape index (κ1) is 21.1. The van der Waals surface area contributed by atoms with Gasteiger partial charge in [-0.05, 0) is 83.8 Å². The highest BCUT2D eigenvalue weighted by molar-refractivity contribution is 5.84. The van der Waals surface area contributed by atoms with Crippen LogP contribution >= 0.6 is 0 Å². The number of aryl methyl sites for hydroxylation is 2. The van der Waals surface area contributed by atoms with E-state index < -0.39 is 0 Å². The smallest absolute Gasteiger partial charge is 0.225 e. The van der Waals surface area contributed by atoms with Gasteiger partial charge in [-0.25, -0.2) is 4.39 Å². The SMILES string of the molecule is CC1=CCN(c2cc(C)c(C(C(N)=O)C(C)(C)C)c(C)c2)Cc2ccc(F)cc21. The van der Waals surface area contributed by atoms with Crippen molar-refractivity contribution >= 4 is 17.2 Å². The molecule has 1 unspecified atom stereocenters. The molecule has 1 heterocycles. The van der Waals surface area contributed by atoms with Crippen LogP contribution in [0, 0.1) is 25.1 Å². The zero-order valence-electron chi connectivity index (χ0n) is 18.3. The summed E-state index contributed by atoms with van der Waals surface area (Å²) in [6.07, 6.45) is 2.14. The lowest BCUT2D eigenvalue weighted by molar-refractivity contribution is -0.121. The molecule has 2 aromatic carbocycles. The quantitative estimate of drug-likeness (QED) is 0.749. The highest BCUT2D eigenvalue weighted by Gasteiger charge is 2.33. The van der Waals surface area contributed by atoms with E-state index in [9.17, 15) is 9.18 Å². The van der Waals surface area contributed by atoms with Crippen molar-refractivity contribution in [2.24, 2.45) is 11.1 Å². The van der Waals surface area contributed by atoms with E-state index in [-0.39, 0.29) is 23.1 Å². The second-order valence-electron chi connectivity index (χ2n) is 9.26. The Bertz CT molecular complexity index is 962. The van der Waals surface area contributed by atoms with E-state index in [2.05, 4.69) is 37.0 Å². The van der Waals surface area contributed by atoms with Crippen molar-refractivity contribution in [3.63, 3.8) is 0 Å². The summed E-state index contributed by atoms with van der Waals surface area (Å²) >= 11 is 0. The summed E-state index contributed by atoms with van der Waals surface area (Å²) in [6, 6.07) is 9.29. The number of rotatable bonds is 3. The van der Waals surface area contributed by atoms with E-state index in [1.165, 1.54) is 6.07 Å². The van der Waals surface area contributed by atoms with Gasteiger partial charge in [-0.15, -0.1) is 0 Å². The van der Waals surface area contributed by atoms with E-state index in [0.29, 0.717) is 6.54 Å². The zero-order valence-corrected chi connectivity index (χ0v) is 18.3. The fourth-order valence-electron chi connectivity index (χ4n) is 4.47. The van der Waals surface area contributed by atoms with Crippen LogP contribution in [-0.4, -0.2) is 12.5 Å². The van der Waals surface area contributed by atoms with Gasteiger partial charge in [0, 0.05) is 18.8 Å². The van der Waals surface area contributed by atoms with Crippen molar-refractivity contribution in [1.82, 2.24) is 0 Å². The molecule has 0 spiro atoms. The number of amides is 1. The summed E-state index contributed by atoms with van der Waals surface area (Å²) in [5, 5.41) is 0. The van der Waals surface area contributed by atoms with E-state index in [0.717, 1.165) is 45.6 Å². The molecule has 1 aliphatic heterocycles. The Morgan fingerprint density at radius 3 is 2.28 bits per heavy atom. The number of hydrogen-bond donors (Lipinski definition) is 1. The highest BCUT2D eigenvalue weighted by Crippen LogP contribution is 2.40. The van der Waals surface area contributed by atoms with Gasteiger partial charge in [0.25, 0.3) is 0 Å². The van der Waals surface area contributed by atoms with Crippen molar-refractivity contribution in [3.05, 3.63) is 70.0 Å². The molecule has 2 N–H and O–H groups in total. The molecule has 0 saturated carbocycles. The van der Waals surface area contributed by atoms with E-state index >= 15 is 0 Å². The van der Waals surface area contributed by atoms with Gasteiger partial charge in [-0.3, -0.25) is 4.79 Å². The standard InChI is InChI=1S/C25H31FN2O/c1-15-9-10-28(14-18-7-8-19(26)13-21(15)18)20-11-16(2)22(17(3)12-20)23(24(27)29)25(4,5)6/h7-9,11-13,23H,10,14H2,1-6H3,(H2,27,29). The maximum Gasteiger partial charge on any atom is 0.225 e. The number of anilines is 1. The van der Waals surface area contributed by atoms with Gasteiger partial charge in [0.2, 0.25) is 5.91 Å². The first-order valence-corrected chi connectivity index (χ1v) is 10.1. The Morgan fingerprint density at radius 2 is 1.72 bits per heavy atom. The monoisotopic (exact) mass is 394 g/mol. The number of benzene rings is 2. The summed E-state index contributed by atoms with van der Waals surface area (Å²) in [5.41, 5.74) is 13.0. The van der Waals surface area contributed by atoms with E-state index in [1.54, 1.807) is 6.07 Å². The van der Waals surface area contributed by atoms with Crippen molar-refractivity contribution in [3.8, 4) is 0 Å². The minimum atomic E-state index is -0.341. The van der Waals surface area contributed by atoms with Gasteiger partial charge in [0.15, 0.2) is 0 Å². The minimum absolute atomic E-state index is 0.208. The average Bonchev–Trinajstić information content (AvgIpc) is 2.76. The number of fused-ring (bicyclic) bond motifs is 1. The molecule has 154 valence electrons.